The molecule has 0 aliphatic heterocycles. The Balaban J connectivity index is 2.30. The number of rotatable bonds is 10. The van der Waals surface area contributed by atoms with Crippen LogP contribution in [0.15, 0.2) is 42.9 Å². The lowest BCUT2D eigenvalue weighted by Crippen LogP contribution is -2.35. The molecule has 0 aliphatic rings. The maximum Gasteiger partial charge on any atom is 0.227 e. The first-order valence-electron chi connectivity index (χ1n) is 9.87. The summed E-state index contributed by atoms with van der Waals surface area (Å²) in [6.07, 6.45) is 2.64. The second kappa shape index (κ2) is 10.9. The van der Waals surface area contributed by atoms with E-state index >= 15 is 0 Å². The number of hydrogen-bond donors (Lipinski definition) is 1. The van der Waals surface area contributed by atoms with Gasteiger partial charge in [0.25, 0.3) is 0 Å². The molecule has 6 heteroatoms. The van der Waals surface area contributed by atoms with Gasteiger partial charge in [0, 0.05) is 25.0 Å². The highest BCUT2D eigenvalue weighted by Gasteiger charge is 2.28. The van der Waals surface area contributed by atoms with E-state index in [4.69, 9.17) is 9.47 Å². The second-order valence-corrected chi connectivity index (χ2v) is 6.97. The first-order chi connectivity index (χ1) is 13.5. The fraction of sp³-hybridized carbons (Fsp3) is 0.500. The molecule has 0 aliphatic carbocycles. The molecule has 28 heavy (non-hydrogen) atoms. The summed E-state index contributed by atoms with van der Waals surface area (Å²) in [6.45, 7) is 10.9. The van der Waals surface area contributed by atoms with Crippen molar-refractivity contribution in [1.29, 1.82) is 0 Å². The summed E-state index contributed by atoms with van der Waals surface area (Å²) in [4.78, 5) is 21.6. The average Bonchev–Trinajstić information content (AvgIpc) is 2.71. The molecule has 0 fully saturated rings. The Labute approximate surface area is 167 Å². The van der Waals surface area contributed by atoms with Gasteiger partial charge in [0.15, 0.2) is 0 Å². The Hall–Kier alpha value is -2.31. The summed E-state index contributed by atoms with van der Waals surface area (Å²) in [5, 5.41) is 3.18. The lowest BCUT2D eigenvalue weighted by Gasteiger charge is -2.28. The monoisotopic (exact) mass is 385 g/mol. The van der Waals surface area contributed by atoms with Gasteiger partial charge in [-0.1, -0.05) is 44.2 Å². The van der Waals surface area contributed by atoms with Crippen molar-refractivity contribution < 1.29 is 14.3 Å². The molecule has 0 saturated carbocycles. The molecule has 152 valence electrons. The van der Waals surface area contributed by atoms with E-state index in [9.17, 15) is 4.79 Å². The number of benzene rings is 1. The van der Waals surface area contributed by atoms with E-state index in [1.807, 2.05) is 51.1 Å². The summed E-state index contributed by atoms with van der Waals surface area (Å²) < 4.78 is 11.5. The standard InChI is InChI=1S/C22H31N3O3/c1-6-27-22(28-7-2)20-18(13-23-14-24-20)19(15(3)4)25-21(26)16(5)17-11-9-8-10-12-17/h8-16,19,22H,6-7H2,1-5H3,(H,25,26). The van der Waals surface area contributed by atoms with Crippen LogP contribution >= 0.6 is 0 Å². The Morgan fingerprint density at radius 2 is 1.71 bits per heavy atom. The molecule has 2 aromatic rings. The van der Waals surface area contributed by atoms with E-state index in [1.54, 1.807) is 6.20 Å². The van der Waals surface area contributed by atoms with Crippen LogP contribution in [0.25, 0.3) is 0 Å². The summed E-state index contributed by atoms with van der Waals surface area (Å²) in [6, 6.07) is 9.50. The highest BCUT2D eigenvalue weighted by atomic mass is 16.7. The molecular weight excluding hydrogens is 354 g/mol. The molecule has 0 saturated heterocycles. The Morgan fingerprint density at radius 3 is 2.29 bits per heavy atom. The van der Waals surface area contributed by atoms with E-state index in [0.717, 1.165) is 11.1 Å². The van der Waals surface area contributed by atoms with Crippen LogP contribution in [0.5, 0.6) is 0 Å². The SMILES string of the molecule is CCOC(OCC)c1ncncc1C(NC(=O)C(C)c1ccccc1)C(C)C. The van der Waals surface area contributed by atoms with Gasteiger partial charge in [0.1, 0.15) is 12.0 Å². The van der Waals surface area contributed by atoms with Gasteiger partial charge in [0.2, 0.25) is 12.2 Å². The van der Waals surface area contributed by atoms with Crippen molar-refractivity contribution in [3.05, 3.63) is 59.7 Å². The zero-order chi connectivity index (χ0) is 20.5. The van der Waals surface area contributed by atoms with Crippen molar-refractivity contribution in [2.45, 2.75) is 52.9 Å². The molecule has 2 rings (SSSR count). The summed E-state index contributed by atoms with van der Waals surface area (Å²) in [5.41, 5.74) is 2.46. The molecule has 2 atom stereocenters. The number of nitrogens with zero attached hydrogens (tertiary/aromatic N) is 2. The molecule has 2 unspecified atom stereocenters. The molecule has 1 N–H and O–H groups in total. The van der Waals surface area contributed by atoms with Crippen LogP contribution in [0.1, 0.15) is 69.7 Å². The first-order valence-corrected chi connectivity index (χ1v) is 9.87. The molecule has 1 aromatic heterocycles. The van der Waals surface area contributed by atoms with Gasteiger partial charge < -0.3 is 14.8 Å². The van der Waals surface area contributed by atoms with Gasteiger partial charge in [0.05, 0.1) is 12.0 Å². The van der Waals surface area contributed by atoms with E-state index < -0.39 is 6.29 Å². The maximum atomic E-state index is 12.9. The van der Waals surface area contributed by atoms with Crippen molar-refractivity contribution in [2.75, 3.05) is 13.2 Å². The van der Waals surface area contributed by atoms with Crippen LogP contribution < -0.4 is 5.32 Å². The van der Waals surface area contributed by atoms with Crippen molar-refractivity contribution >= 4 is 5.91 Å². The van der Waals surface area contributed by atoms with Crippen LogP contribution in [-0.4, -0.2) is 29.1 Å². The summed E-state index contributed by atoms with van der Waals surface area (Å²) in [7, 11) is 0. The van der Waals surface area contributed by atoms with Gasteiger partial charge in [-0.05, 0) is 32.3 Å². The molecule has 6 nitrogen and oxygen atoms in total. The minimum absolute atomic E-state index is 0.0379. The largest absolute Gasteiger partial charge is 0.348 e. The van der Waals surface area contributed by atoms with Crippen LogP contribution in [0.2, 0.25) is 0 Å². The third kappa shape index (κ3) is 5.59. The summed E-state index contributed by atoms with van der Waals surface area (Å²) in [5.74, 6) is -0.158. The van der Waals surface area contributed by atoms with Gasteiger partial charge in [-0.3, -0.25) is 4.79 Å². The summed E-state index contributed by atoms with van der Waals surface area (Å²) >= 11 is 0. The highest BCUT2D eigenvalue weighted by molar-refractivity contribution is 5.83. The fourth-order valence-electron chi connectivity index (χ4n) is 3.07. The number of aromatic nitrogens is 2. The number of carbonyl (C=O) groups excluding carboxylic acids is 1. The first kappa shape index (κ1) is 22.0. The number of amides is 1. The Morgan fingerprint density at radius 1 is 1.07 bits per heavy atom. The number of nitrogens with one attached hydrogen (secondary N) is 1. The normalized spacial score (nSPS) is 13.5. The third-order valence-electron chi connectivity index (χ3n) is 4.62. The zero-order valence-electron chi connectivity index (χ0n) is 17.4. The van der Waals surface area contributed by atoms with E-state index in [0.29, 0.717) is 18.9 Å². The molecule has 0 spiro atoms. The number of hydrogen-bond acceptors (Lipinski definition) is 5. The Kier molecular flexibility index (Phi) is 8.54. The van der Waals surface area contributed by atoms with E-state index in [-0.39, 0.29) is 23.8 Å². The minimum Gasteiger partial charge on any atom is -0.348 e. The van der Waals surface area contributed by atoms with Crippen molar-refractivity contribution in [3.63, 3.8) is 0 Å². The van der Waals surface area contributed by atoms with Crippen molar-refractivity contribution in [2.24, 2.45) is 5.92 Å². The van der Waals surface area contributed by atoms with E-state index in [2.05, 4.69) is 29.1 Å². The smallest absolute Gasteiger partial charge is 0.227 e. The second-order valence-electron chi connectivity index (χ2n) is 6.97. The molecular formula is C22H31N3O3. The third-order valence-corrected chi connectivity index (χ3v) is 4.62. The molecule has 0 bridgehead atoms. The molecule has 1 amide bonds. The fourth-order valence-corrected chi connectivity index (χ4v) is 3.07. The molecule has 0 radical (unpaired) electrons. The zero-order valence-corrected chi connectivity index (χ0v) is 17.4. The van der Waals surface area contributed by atoms with Crippen LogP contribution in [-0.2, 0) is 14.3 Å². The number of ether oxygens (including phenoxy) is 2. The van der Waals surface area contributed by atoms with E-state index in [1.165, 1.54) is 6.33 Å². The van der Waals surface area contributed by atoms with Gasteiger partial charge in [-0.25, -0.2) is 9.97 Å². The van der Waals surface area contributed by atoms with Crippen molar-refractivity contribution in [3.8, 4) is 0 Å². The molecule has 1 aromatic carbocycles. The quantitative estimate of drug-likeness (QED) is 0.622. The average molecular weight is 386 g/mol. The van der Waals surface area contributed by atoms with Crippen molar-refractivity contribution in [1.82, 2.24) is 15.3 Å². The lowest BCUT2D eigenvalue weighted by atomic mass is 9.93. The van der Waals surface area contributed by atoms with Gasteiger partial charge in [-0.15, -0.1) is 0 Å². The highest BCUT2D eigenvalue weighted by Crippen LogP contribution is 2.30. The molecule has 1 heterocycles. The Bertz CT molecular complexity index is 731. The minimum atomic E-state index is -0.585. The van der Waals surface area contributed by atoms with Gasteiger partial charge >= 0.3 is 0 Å². The van der Waals surface area contributed by atoms with Crippen LogP contribution in [0.4, 0.5) is 0 Å². The lowest BCUT2D eigenvalue weighted by molar-refractivity contribution is -0.143. The number of carbonyl (C=O) groups is 1. The predicted octanol–water partition coefficient (Wildman–Crippen LogP) is 4.17. The predicted molar refractivity (Wildman–Crippen MR) is 109 cm³/mol. The van der Waals surface area contributed by atoms with Crippen LogP contribution in [0.3, 0.4) is 0 Å². The van der Waals surface area contributed by atoms with Crippen LogP contribution in [0, 0.1) is 5.92 Å². The topological polar surface area (TPSA) is 73.3 Å². The maximum absolute atomic E-state index is 12.9. The van der Waals surface area contributed by atoms with Gasteiger partial charge in [-0.2, -0.15) is 0 Å².